The van der Waals surface area contributed by atoms with Gasteiger partial charge >= 0.3 is 0 Å². The predicted molar refractivity (Wildman–Crippen MR) is 104 cm³/mol. The lowest BCUT2D eigenvalue weighted by Crippen LogP contribution is -1.98. The summed E-state index contributed by atoms with van der Waals surface area (Å²) in [7, 11) is 0. The lowest BCUT2D eigenvalue weighted by atomic mass is 10.2. The number of hydrogen-bond acceptors (Lipinski definition) is 3. The molecular formula is C20H15BrN4. The molecule has 25 heavy (non-hydrogen) atoms. The van der Waals surface area contributed by atoms with Crippen molar-refractivity contribution in [1.29, 1.82) is 0 Å². The molecule has 0 N–H and O–H groups in total. The predicted octanol–water partition coefficient (Wildman–Crippen LogP) is 5.06. The van der Waals surface area contributed by atoms with Crippen LogP contribution in [0.15, 0.2) is 65.4 Å². The van der Waals surface area contributed by atoms with Crippen LogP contribution in [0, 0.1) is 6.92 Å². The summed E-state index contributed by atoms with van der Waals surface area (Å²) in [4.78, 5) is 9.09. The quantitative estimate of drug-likeness (QED) is 0.491. The van der Waals surface area contributed by atoms with E-state index >= 15 is 0 Å². The minimum absolute atomic E-state index is 0.821. The molecule has 2 aromatic carbocycles. The first-order chi connectivity index (χ1) is 12.2. The first kappa shape index (κ1) is 15.7. The Bertz CT molecular complexity index is 1070. The smallest absolute Gasteiger partial charge is 0.0898 e. The summed E-state index contributed by atoms with van der Waals surface area (Å²) in [6, 6.07) is 16.0. The zero-order valence-electron chi connectivity index (χ0n) is 13.6. The van der Waals surface area contributed by atoms with Crippen molar-refractivity contribution in [3.8, 4) is 5.69 Å². The highest BCUT2D eigenvalue weighted by Gasteiger charge is 2.05. The van der Waals surface area contributed by atoms with E-state index in [-0.39, 0.29) is 0 Å². The summed E-state index contributed by atoms with van der Waals surface area (Å²) in [5.41, 5.74) is 5.76. The van der Waals surface area contributed by atoms with Gasteiger partial charge in [0, 0.05) is 15.7 Å². The molecule has 0 bridgehead atoms. The molecule has 4 rings (SSSR count). The van der Waals surface area contributed by atoms with E-state index in [1.807, 2.05) is 71.6 Å². The van der Waals surface area contributed by atoms with Crippen molar-refractivity contribution >= 4 is 39.1 Å². The van der Waals surface area contributed by atoms with Crippen LogP contribution in [0.3, 0.4) is 0 Å². The van der Waals surface area contributed by atoms with Gasteiger partial charge in [0.05, 0.1) is 34.8 Å². The molecule has 4 aromatic rings. The average Bonchev–Trinajstić information content (AvgIpc) is 3.01. The van der Waals surface area contributed by atoms with Crippen LogP contribution in [0.4, 0.5) is 0 Å². The fourth-order valence-corrected chi connectivity index (χ4v) is 3.02. The lowest BCUT2D eigenvalue weighted by Gasteiger charge is -2.03. The molecule has 0 radical (unpaired) electrons. The van der Waals surface area contributed by atoms with Crippen LogP contribution in [0.2, 0.25) is 0 Å². The lowest BCUT2D eigenvalue weighted by molar-refractivity contribution is 0.847. The summed E-state index contributed by atoms with van der Waals surface area (Å²) in [6.45, 7) is 2.06. The summed E-state index contributed by atoms with van der Waals surface area (Å²) in [5, 5.41) is 4.48. The average molecular weight is 391 g/mol. The van der Waals surface area contributed by atoms with Gasteiger partial charge in [-0.15, -0.1) is 0 Å². The Morgan fingerprint density at radius 3 is 2.64 bits per heavy atom. The monoisotopic (exact) mass is 390 g/mol. The van der Waals surface area contributed by atoms with Gasteiger partial charge in [-0.2, -0.15) is 5.10 Å². The topological polar surface area (TPSA) is 43.6 Å². The Morgan fingerprint density at radius 1 is 0.960 bits per heavy atom. The van der Waals surface area contributed by atoms with Gasteiger partial charge in [-0.05, 0) is 49.4 Å². The number of hydrogen-bond donors (Lipinski definition) is 0. The molecule has 0 amide bonds. The van der Waals surface area contributed by atoms with Gasteiger partial charge in [0.1, 0.15) is 0 Å². The number of para-hydroxylation sites is 1. The Balaban J connectivity index is 1.64. The zero-order chi connectivity index (χ0) is 17.2. The normalized spacial score (nSPS) is 11.4. The summed E-state index contributed by atoms with van der Waals surface area (Å²) >= 11 is 3.45. The molecule has 4 nitrogen and oxygen atoms in total. The van der Waals surface area contributed by atoms with Crippen molar-refractivity contribution in [3.05, 3.63) is 82.3 Å². The largest absolute Gasteiger partial charge is 0.252 e. The second kappa shape index (κ2) is 6.61. The first-order valence-corrected chi connectivity index (χ1v) is 8.70. The number of fused-ring (bicyclic) bond motifs is 1. The molecular weight excluding hydrogens is 376 g/mol. The zero-order valence-corrected chi connectivity index (χ0v) is 15.2. The van der Waals surface area contributed by atoms with Crippen molar-refractivity contribution < 1.29 is 0 Å². The van der Waals surface area contributed by atoms with E-state index in [0.29, 0.717) is 0 Å². The number of benzene rings is 2. The highest BCUT2D eigenvalue weighted by atomic mass is 79.9. The molecule has 0 fully saturated rings. The van der Waals surface area contributed by atoms with Gasteiger partial charge < -0.3 is 0 Å². The minimum Gasteiger partial charge on any atom is -0.252 e. The van der Waals surface area contributed by atoms with E-state index in [9.17, 15) is 0 Å². The van der Waals surface area contributed by atoms with Crippen molar-refractivity contribution in [3.63, 3.8) is 0 Å². The van der Waals surface area contributed by atoms with Gasteiger partial charge in [-0.1, -0.05) is 34.1 Å². The molecule has 0 aliphatic heterocycles. The Labute approximate surface area is 154 Å². The van der Waals surface area contributed by atoms with E-state index in [2.05, 4.69) is 37.9 Å². The molecule has 0 saturated heterocycles. The van der Waals surface area contributed by atoms with Crippen LogP contribution in [0.1, 0.15) is 17.0 Å². The van der Waals surface area contributed by atoms with E-state index < -0.39 is 0 Å². The fourth-order valence-electron chi connectivity index (χ4n) is 2.67. The summed E-state index contributed by atoms with van der Waals surface area (Å²) in [5.74, 6) is 0. The molecule has 0 aliphatic rings. The third kappa shape index (κ3) is 3.23. The molecule has 122 valence electrons. The molecule has 0 unspecified atom stereocenters. The van der Waals surface area contributed by atoms with Crippen LogP contribution in [-0.2, 0) is 0 Å². The summed E-state index contributed by atoms with van der Waals surface area (Å²) < 4.78 is 2.94. The maximum atomic E-state index is 4.63. The van der Waals surface area contributed by atoms with Crippen molar-refractivity contribution in [2.75, 3.05) is 0 Å². The Hall–Kier alpha value is -2.79. The molecule has 0 saturated carbocycles. The molecule has 0 aliphatic carbocycles. The van der Waals surface area contributed by atoms with Gasteiger partial charge in [-0.25, -0.2) is 9.67 Å². The van der Waals surface area contributed by atoms with Crippen LogP contribution >= 0.6 is 15.9 Å². The van der Waals surface area contributed by atoms with E-state index in [1.54, 1.807) is 6.20 Å². The van der Waals surface area contributed by atoms with Crippen molar-refractivity contribution in [2.45, 2.75) is 6.92 Å². The minimum atomic E-state index is 0.821. The van der Waals surface area contributed by atoms with E-state index in [0.717, 1.165) is 38.1 Å². The standard InChI is InChI=1S/C20H15BrN4/c1-14-15(12-23-25(14)18-5-3-2-4-6-18)7-9-17-13-22-20-11-16(21)8-10-19(20)24-17/h2-13H,1H3/b9-7+. The molecule has 2 heterocycles. The van der Waals surface area contributed by atoms with Gasteiger partial charge in [-0.3, -0.25) is 4.98 Å². The highest BCUT2D eigenvalue weighted by molar-refractivity contribution is 9.10. The second-order valence-corrected chi connectivity index (χ2v) is 6.61. The summed E-state index contributed by atoms with van der Waals surface area (Å²) in [6.07, 6.45) is 7.64. The third-order valence-corrected chi connectivity index (χ3v) is 4.50. The molecule has 0 atom stereocenters. The number of rotatable bonds is 3. The third-order valence-electron chi connectivity index (χ3n) is 4.01. The molecule has 0 spiro atoms. The van der Waals surface area contributed by atoms with Gasteiger partial charge in [0.25, 0.3) is 0 Å². The molecule has 5 heteroatoms. The SMILES string of the molecule is Cc1c(/C=C/c2cnc3cc(Br)ccc3n2)cnn1-c1ccccc1. The Morgan fingerprint density at radius 2 is 1.80 bits per heavy atom. The van der Waals surface area contributed by atoms with Gasteiger partial charge in [0.15, 0.2) is 0 Å². The number of aromatic nitrogens is 4. The first-order valence-electron chi connectivity index (χ1n) is 7.91. The van der Waals surface area contributed by atoms with Crippen LogP contribution in [0.25, 0.3) is 28.9 Å². The fraction of sp³-hybridized carbons (Fsp3) is 0.0500. The van der Waals surface area contributed by atoms with Crippen LogP contribution < -0.4 is 0 Å². The van der Waals surface area contributed by atoms with Crippen molar-refractivity contribution in [1.82, 2.24) is 19.7 Å². The number of halogens is 1. The maximum Gasteiger partial charge on any atom is 0.0898 e. The highest BCUT2D eigenvalue weighted by Crippen LogP contribution is 2.19. The van der Waals surface area contributed by atoms with Gasteiger partial charge in [0.2, 0.25) is 0 Å². The second-order valence-electron chi connectivity index (χ2n) is 5.69. The van der Waals surface area contributed by atoms with E-state index in [1.165, 1.54) is 0 Å². The maximum absolute atomic E-state index is 4.63. The van der Waals surface area contributed by atoms with Crippen LogP contribution in [-0.4, -0.2) is 19.7 Å². The van der Waals surface area contributed by atoms with Crippen LogP contribution in [0.5, 0.6) is 0 Å². The van der Waals surface area contributed by atoms with E-state index in [4.69, 9.17) is 0 Å². The van der Waals surface area contributed by atoms with Crippen molar-refractivity contribution in [2.24, 2.45) is 0 Å². The molecule has 2 aromatic heterocycles. The Kier molecular flexibility index (Phi) is 4.15. The number of nitrogens with zero attached hydrogens (tertiary/aromatic N) is 4.